The number of rotatable bonds is 2. The Hall–Kier alpha value is -2.28. The van der Waals surface area contributed by atoms with Crippen molar-refractivity contribution in [3.8, 4) is 11.3 Å². The first kappa shape index (κ1) is 22.9. The van der Waals surface area contributed by atoms with E-state index in [1.165, 1.54) is 6.07 Å². The van der Waals surface area contributed by atoms with E-state index >= 15 is 0 Å². The molecule has 0 fully saturated rings. The van der Waals surface area contributed by atoms with E-state index < -0.39 is 23.6 Å². The van der Waals surface area contributed by atoms with E-state index in [0.29, 0.717) is 50.7 Å². The molecule has 0 spiro atoms. The Kier molecular flexibility index (Phi) is 6.14. The lowest BCUT2D eigenvalue weighted by Gasteiger charge is -2.37. The maximum Gasteiger partial charge on any atom is 0.411 e. The van der Waals surface area contributed by atoms with Crippen LogP contribution < -0.4 is 0 Å². The number of benzene rings is 2. The topological polar surface area (TPSA) is 47.4 Å². The van der Waals surface area contributed by atoms with E-state index in [2.05, 4.69) is 5.10 Å². The van der Waals surface area contributed by atoms with Gasteiger partial charge < -0.3 is 4.74 Å². The van der Waals surface area contributed by atoms with E-state index in [4.69, 9.17) is 39.5 Å². The van der Waals surface area contributed by atoms with Crippen LogP contribution in [-0.2, 0) is 11.3 Å². The normalized spacial score (nSPS) is 16.1. The second kappa shape index (κ2) is 8.58. The Labute approximate surface area is 200 Å². The molecule has 32 heavy (non-hydrogen) atoms. The Morgan fingerprint density at radius 1 is 1.06 bits per heavy atom. The van der Waals surface area contributed by atoms with Crippen LogP contribution in [0.25, 0.3) is 11.3 Å². The zero-order chi connectivity index (χ0) is 23.2. The first-order valence-electron chi connectivity index (χ1n) is 10.0. The van der Waals surface area contributed by atoms with Crippen LogP contribution in [0.3, 0.4) is 0 Å². The molecule has 0 radical (unpaired) electrons. The second-order valence-corrected chi connectivity index (χ2v) is 9.82. The Balaban J connectivity index is 1.83. The van der Waals surface area contributed by atoms with Gasteiger partial charge in [0.05, 0.1) is 17.9 Å². The molecule has 9 heteroatoms. The fourth-order valence-corrected chi connectivity index (χ4v) is 4.39. The molecule has 4 rings (SSSR count). The zero-order valence-electron chi connectivity index (χ0n) is 17.7. The number of hydrogen-bond acceptors (Lipinski definition) is 3. The lowest BCUT2D eigenvalue weighted by Crippen LogP contribution is -2.45. The number of halogens is 4. The average Bonchev–Trinajstić information content (AvgIpc) is 3.10. The van der Waals surface area contributed by atoms with Crippen LogP contribution in [-0.4, -0.2) is 32.9 Å². The summed E-state index contributed by atoms with van der Waals surface area (Å²) < 4.78 is 22.0. The number of fused-ring (bicyclic) bond motifs is 1. The Bertz CT molecular complexity index is 1190. The average molecular weight is 497 g/mol. The molecule has 168 valence electrons. The van der Waals surface area contributed by atoms with Crippen molar-refractivity contribution in [2.45, 2.75) is 39.0 Å². The summed E-state index contributed by atoms with van der Waals surface area (Å²) in [7, 11) is 0. The number of ether oxygens (including phenoxy) is 1. The lowest BCUT2D eigenvalue weighted by molar-refractivity contribution is 0.0142. The Morgan fingerprint density at radius 2 is 1.75 bits per heavy atom. The standard InChI is InChI=1S/C23H21Cl3FN3O2/c1-23(2,3)32-22(31)29-8-9-30-20(21(29)15-6-4-13(24)10-17(15)26)12-19(28-30)16-7-5-14(25)11-18(16)27/h4-7,10-12,21H,8-9H2,1-3H3. The van der Waals surface area contributed by atoms with Crippen molar-refractivity contribution in [2.24, 2.45) is 0 Å². The molecule has 2 heterocycles. The third-order valence-electron chi connectivity index (χ3n) is 5.05. The summed E-state index contributed by atoms with van der Waals surface area (Å²) in [4.78, 5) is 14.7. The molecule has 3 aromatic rings. The minimum absolute atomic E-state index is 0.303. The second-order valence-electron chi connectivity index (χ2n) is 8.54. The van der Waals surface area contributed by atoms with Crippen LogP contribution in [0.15, 0.2) is 42.5 Å². The molecule has 0 aliphatic carbocycles. The third kappa shape index (κ3) is 4.58. The minimum atomic E-state index is -0.666. The highest BCUT2D eigenvalue weighted by Gasteiger charge is 2.37. The first-order valence-corrected chi connectivity index (χ1v) is 11.1. The van der Waals surface area contributed by atoms with Crippen molar-refractivity contribution in [1.29, 1.82) is 0 Å². The number of nitrogens with zero attached hydrogens (tertiary/aromatic N) is 3. The maximum absolute atomic E-state index is 14.6. The SMILES string of the molecule is CC(C)(C)OC(=O)N1CCn2nc(-c3ccc(Cl)cc3F)cc2C1c1ccc(Cl)cc1Cl. The van der Waals surface area contributed by atoms with Crippen LogP contribution in [0.5, 0.6) is 0 Å². The predicted octanol–water partition coefficient (Wildman–Crippen LogP) is 6.99. The van der Waals surface area contributed by atoms with E-state index in [1.807, 2.05) is 20.8 Å². The van der Waals surface area contributed by atoms with Gasteiger partial charge in [-0.1, -0.05) is 40.9 Å². The molecular formula is C23H21Cl3FN3O2. The van der Waals surface area contributed by atoms with Gasteiger partial charge in [0.1, 0.15) is 17.5 Å². The molecule has 0 N–H and O–H groups in total. The van der Waals surface area contributed by atoms with Crippen LogP contribution >= 0.6 is 34.8 Å². The predicted molar refractivity (Wildman–Crippen MR) is 124 cm³/mol. The highest BCUT2D eigenvalue weighted by atomic mass is 35.5. The van der Waals surface area contributed by atoms with Crippen molar-refractivity contribution < 1.29 is 13.9 Å². The number of carbonyl (C=O) groups excluding carboxylic acids is 1. The highest BCUT2D eigenvalue weighted by Crippen LogP contribution is 2.39. The zero-order valence-corrected chi connectivity index (χ0v) is 20.0. The molecule has 0 saturated carbocycles. The minimum Gasteiger partial charge on any atom is -0.444 e. The smallest absolute Gasteiger partial charge is 0.411 e. The molecule has 2 aromatic carbocycles. The number of carbonyl (C=O) groups is 1. The molecular weight excluding hydrogens is 476 g/mol. The van der Waals surface area contributed by atoms with E-state index in [9.17, 15) is 9.18 Å². The van der Waals surface area contributed by atoms with Crippen LogP contribution in [0.2, 0.25) is 15.1 Å². The Morgan fingerprint density at radius 3 is 2.41 bits per heavy atom. The van der Waals surface area contributed by atoms with Gasteiger partial charge in [-0.15, -0.1) is 0 Å². The summed E-state index contributed by atoms with van der Waals surface area (Å²) in [5.41, 5.74) is 1.46. The van der Waals surface area contributed by atoms with Crippen molar-refractivity contribution in [3.05, 3.63) is 74.6 Å². The summed E-state index contributed by atoms with van der Waals surface area (Å²) in [5.74, 6) is -0.474. The van der Waals surface area contributed by atoms with Gasteiger partial charge in [0, 0.05) is 27.2 Å². The summed E-state index contributed by atoms with van der Waals surface area (Å²) in [6, 6.07) is 10.7. The van der Waals surface area contributed by atoms with E-state index in [0.717, 1.165) is 0 Å². The van der Waals surface area contributed by atoms with E-state index in [-0.39, 0.29) is 0 Å². The van der Waals surface area contributed by atoms with Gasteiger partial charge in [-0.05, 0) is 62.7 Å². The number of amides is 1. The highest BCUT2D eigenvalue weighted by molar-refractivity contribution is 6.35. The summed E-state index contributed by atoms with van der Waals surface area (Å²) in [6.07, 6.45) is -0.472. The number of aromatic nitrogens is 2. The lowest BCUT2D eigenvalue weighted by atomic mass is 9.99. The molecule has 1 atom stereocenters. The van der Waals surface area contributed by atoms with Crippen molar-refractivity contribution in [1.82, 2.24) is 14.7 Å². The van der Waals surface area contributed by atoms with Crippen molar-refractivity contribution in [2.75, 3.05) is 6.54 Å². The molecule has 1 aliphatic heterocycles. The summed E-state index contributed by atoms with van der Waals surface area (Å²) in [6.45, 7) is 6.20. The molecule has 1 amide bonds. The quantitative estimate of drug-likeness (QED) is 0.384. The molecule has 1 aromatic heterocycles. The van der Waals surface area contributed by atoms with Crippen LogP contribution in [0, 0.1) is 5.82 Å². The first-order chi connectivity index (χ1) is 15.0. The molecule has 0 saturated heterocycles. The fraction of sp³-hybridized carbons (Fsp3) is 0.304. The fourth-order valence-electron chi connectivity index (χ4n) is 3.72. The van der Waals surface area contributed by atoms with Crippen LogP contribution in [0.4, 0.5) is 9.18 Å². The van der Waals surface area contributed by atoms with Gasteiger partial charge in [0.15, 0.2) is 0 Å². The molecule has 5 nitrogen and oxygen atoms in total. The molecule has 1 unspecified atom stereocenters. The monoisotopic (exact) mass is 495 g/mol. The van der Waals surface area contributed by atoms with Crippen LogP contribution in [0.1, 0.15) is 38.1 Å². The molecule has 0 bridgehead atoms. The van der Waals surface area contributed by atoms with Gasteiger partial charge in [-0.2, -0.15) is 5.10 Å². The van der Waals surface area contributed by atoms with E-state index in [1.54, 1.807) is 46.0 Å². The van der Waals surface area contributed by atoms with Gasteiger partial charge >= 0.3 is 6.09 Å². The molecule has 1 aliphatic rings. The van der Waals surface area contributed by atoms with Gasteiger partial charge in [0.25, 0.3) is 0 Å². The third-order valence-corrected chi connectivity index (χ3v) is 5.85. The maximum atomic E-state index is 14.6. The van der Waals surface area contributed by atoms with Gasteiger partial charge in [-0.25, -0.2) is 9.18 Å². The van der Waals surface area contributed by atoms with Gasteiger partial charge in [0.2, 0.25) is 0 Å². The summed E-state index contributed by atoms with van der Waals surface area (Å²) >= 11 is 18.5. The number of hydrogen-bond donors (Lipinski definition) is 0. The largest absolute Gasteiger partial charge is 0.444 e. The summed E-state index contributed by atoms with van der Waals surface area (Å²) in [5, 5.41) is 5.78. The van der Waals surface area contributed by atoms with Gasteiger partial charge in [-0.3, -0.25) is 9.58 Å². The van der Waals surface area contributed by atoms with Crippen molar-refractivity contribution in [3.63, 3.8) is 0 Å². The van der Waals surface area contributed by atoms with Crippen molar-refractivity contribution >= 4 is 40.9 Å².